The van der Waals surface area contributed by atoms with E-state index in [0.717, 1.165) is 35.8 Å². The number of hydrogen-bond acceptors (Lipinski definition) is 7. The number of sulfonamides is 1. The molecule has 0 saturated carbocycles. The van der Waals surface area contributed by atoms with E-state index in [1.165, 1.54) is 19.3 Å². The Balaban J connectivity index is 0.00000306. The average molecular weight is 520 g/mol. The maximum Gasteiger partial charge on any atom is 0.260 e. The van der Waals surface area contributed by atoms with Gasteiger partial charge in [0.25, 0.3) is 5.91 Å². The Morgan fingerprint density at radius 2 is 1.67 bits per heavy atom. The summed E-state index contributed by atoms with van der Waals surface area (Å²) in [6.07, 6.45) is 4.98. The number of halogens is 1. The highest BCUT2D eigenvalue weighted by atomic mass is 35.5. The zero-order chi connectivity index (χ0) is 23.3. The monoisotopic (exact) mass is 519 g/mol. The minimum atomic E-state index is -4.18. The number of nitrogens with one attached hydrogen (secondary N) is 1. The lowest BCUT2D eigenvalue weighted by Crippen LogP contribution is -2.60. The second-order valence-electron chi connectivity index (χ2n) is 9.58. The molecule has 1 N–H and O–H groups in total. The summed E-state index contributed by atoms with van der Waals surface area (Å²) in [6.45, 7) is 6.68. The molecular weight excluding hydrogens is 486 g/mol. The van der Waals surface area contributed by atoms with Gasteiger partial charge in [0.05, 0.1) is 23.2 Å². The molecule has 3 heterocycles. The van der Waals surface area contributed by atoms with E-state index < -0.39 is 48.5 Å². The summed E-state index contributed by atoms with van der Waals surface area (Å²) in [5, 5.41) is 3.15. The van der Waals surface area contributed by atoms with Crippen molar-refractivity contribution in [2.24, 2.45) is 5.92 Å². The van der Waals surface area contributed by atoms with Crippen LogP contribution in [-0.4, -0.2) is 74.7 Å². The van der Waals surface area contributed by atoms with Crippen molar-refractivity contribution in [1.29, 1.82) is 0 Å². The smallest absolute Gasteiger partial charge is 0.260 e. The Labute approximate surface area is 203 Å². The number of sulfone groups is 1. The predicted octanol–water partition coefficient (Wildman–Crippen LogP) is 1.80. The first kappa shape index (κ1) is 26.4. The van der Waals surface area contributed by atoms with Crippen molar-refractivity contribution in [3.8, 4) is 0 Å². The van der Waals surface area contributed by atoms with Crippen molar-refractivity contribution in [3.63, 3.8) is 0 Å². The van der Waals surface area contributed by atoms with Gasteiger partial charge < -0.3 is 5.32 Å². The summed E-state index contributed by atoms with van der Waals surface area (Å²) in [7, 11) is -8.08. The first-order valence-electron chi connectivity index (χ1n) is 11.3. The van der Waals surface area contributed by atoms with E-state index in [1.54, 1.807) is 26.0 Å². The summed E-state index contributed by atoms with van der Waals surface area (Å²) in [5.74, 6) is -1.45. The van der Waals surface area contributed by atoms with Gasteiger partial charge in [-0.05, 0) is 62.5 Å². The fourth-order valence-corrected chi connectivity index (χ4v) is 9.41. The number of carbonyl (C=O) groups excluding carboxylic acids is 1. The molecule has 1 aromatic carbocycles. The number of benzene rings is 1. The molecule has 33 heavy (non-hydrogen) atoms. The standard InChI is InChI=1S/C22H33N3O5S2.ClH/c1-16(2)22(20-19(11-12-23-20)25(21(22)26)31(3,27)28)32(29,30)18-9-7-17(8-10-18)15-24-13-5-4-6-14-24;/h7-10,16,19-20,23H,4-6,11-15H2,1-3H3;1H/t19-,20+,22+;/m0./s1. The van der Waals surface area contributed by atoms with E-state index in [4.69, 9.17) is 0 Å². The summed E-state index contributed by atoms with van der Waals surface area (Å²) in [4.78, 5) is 16.0. The van der Waals surface area contributed by atoms with E-state index in [2.05, 4.69) is 10.2 Å². The number of piperidine rings is 1. The van der Waals surface area contributed by atoms with Gasteiger partial charge in [-0.15, -0.1) is 12.4 Å². The highest BCUT2D eigenvalue weighted by molar-refractivity contribution is 7.94. The third-order valence-electron chi connectivity index (χ3n) is 7.23. The molecule has 3 atom stereocenters. The first-order valence-corrected chi connectivity index (χ1v) is 14.7. The molecule has 3 saturated heterocycles. The fourth-order valence-electron chi connectivity index (χ4n) is 5.78. The van der Waals surface area contributed by atoms with Gasteiger partial charge >= 0.3 is 0 Å². The van der Waals surface area contributed by atoms with Crippen LogP contribution in [0, 0.1) is 5.92 Å². The Morgan fingerprint density at radius 3 is 2.21 bits per heavy atom. The van der Waals surface area contributed by atoms with Crippen LogP contribution in [-0.2, 0) is 31.2 Å². The molecule has 8 nitrogen and oxygen atoms in total. The molecular formula is C22H34ClN3O5S2. The number of fused-ring (bicyclic) bond motifs is 1. The van der Waals surface area contributed by atoms with Gasteiger partial charge in [0.1, 0.15) is 0 Å². The van der Waals surface area contributed by atoms with Crippen LogP contribution >= 0.6 is 12.4 Å². The van der Waals surface area contributed by atoms with E-state index in [-0.39, 0.29) is 17.3 Å². The van der Waals surface area contributed by atoms with E-state index in [9.17, 15) is 21.6 Å². The van der Waals surface area contributed by atoms with Gasteiger partial charge in [0.2, 0.25) is 10.0 Å². The molecule has 0 aromatic heterocycles. The van der Waals surface area contributed by atoms with E-state index in [1.807, 2.05) is 12.1 Å². The normalized spacial score (nSPS) is 28.7. The Morgan fingerprint density at radius 1 is 1.06 bits per heavy atom. The molecule has 3 fully saturated rings. The van der Waals surface area contributed by atoms with Crippen LogP contribution < -0.4 is 5.32 Å². The second kappa shape index (κ2) is 9.45. The zero-order valence-corrected chi connectivity index (χ0v) is 21.8. The molecule has 1 aromatic rings. The highest BCUT2D eigenvalue weighted by Crippen LogP contribution is 2.47. The van der Waals surface area contributed by atoms with Gasteiger partial charge in [-0.2, -0.15) is 0 Å². The first-order chi connectivity index (χ1) is 15.0. The molecule has 4 rings (SSSR count). The van der Waals surface area contributed by atoms with Crippen LogP contribution in [0.15, 0.2) is 29.2 Å². The minimum Gasteiger partial charge on any atom is -0.310 e. The molecule has 0 spiro atoms. The van der Waals surface area contributed by atoms with Crippen molar-refractivity contribution in [3.05, 3.63) is 29.8 Å². The summed E-state index contributed by atoms with van der Waals surface area (Å²) in [5.41, 5.74) is 1.02. The topological polar surface area (TPSA) is 104 Å². The zero-order valence-electron chi connectivity index (χ0n) is 19.4. The lowest BCUT2D eigenvalue weighted by molar-refractivity contribution is -0.127. The molecule has 186 valence electrons. The summed E-state index contributed by atoms with van der Waals surface area (Å²) in [6, 6.07) is 5.29. The van der Waals surface area contributed by atoms with Crippen molar-refractivity contribution >= 4 is 38.2 Å². The molecule has 1 amide bonds. The third-order valence-corrected chi connectivity index (χ3v) is 11.1. The number of nitrogens with zero attached hydrogens (tertiary/aromatic N) is 2. The van der Waals surface area contributed by atoms with Crippen molar-refractivity contribution < 1.29 is 21.6 Å². The molecule has 0 unspecified atom stereocenters. The summed E-state index contributed by atoms with van der Waals surface area (Å²) < 4.78 is 52.0. The molecule has 3 aliphatic heterocycles. The molecule has 3 aliphatic rings. The fraction of sp³-hybridized carbons (Fsp3) is 0.682. The Kier molecular flexibility index (Phi) is 7.56. The molecule has 0 bridgehead atoms. The van der Waals surface area contributed by atoms with Crippen LogP contribution in [0.1, 0.15) is 45.1 Å². The number of amides is 1. The number of likely N-dealkylation sites (tertiary alicyclic amines) is 1. The van der Waals surface area contributed by atoms with Gasteiger partial charge in [-0.1, -0.05) is 32.4 Å². The number of carbonyl (C=O) groups is 1. The predicted molar refractivity (Wildman–Crippen MR) is 129 cm³/mol. The van der Waals surface area contributed by atoms with E-state index in [0.29, 0.717) is 13.0 Å². The lowest BCUT2D eigenvalue weighted by atomic mass is 9.87. The van der Waals surface area contributed by atoms with Crippen molar-refractivity contribution in [2.75, 3.05) is 25.9 Å². The van der Waals surface area contributed by atoms with Crippen LogP contribution in [0.25, 0.3) is 0 Å². The largest absolute Gasteiger partial charge is 0.310 e. The lowest BCUT2D eigenvalue weighted by Gasteiger charge is -2.35. The molecule has 0 aliphatic carbocycles. The second-order valence-corrected chi connectivity index (χ2v) is 13.6. The van der Waals surface area contributed by atoms with E-state index >= 15 is 0 Å². The third kappa shape index (κ3) is 4.22. The maximum atomic E-state index is 14.0. The SMILES string of the molecule is CC(C)[C@]1(S(=O)(=O)c2ccc(CN3CCCCC3)cc2)C(=O)N(S(C)(=O)=O)[C@H]2CCN[C@H]21.Cl. The molecule has 11 heteroatoms. The average Bonchev–Trinajstić information content (AvgIpc) is 3.26. The van der Waals surface area contributed by atoms with Crippen LogP contribution in [0.4, 0.5) is 0 Å². The Bertz CT molecular complexity index is 1090. The minimum absolute atomic E-state index is 0. The van der Waals surface area contributed by atoms with Gasteiger partial charge in [0, 0.05) is 6.54 Å². The van der Waals surface area contributed by atoms with Crippen LogP contribution in [0.5, 0.6) is 0 Å². The van der Waals surface area contributed by atoms with Crippen molar-refractivity contribution in [1.82, 2.24) is 14.5 Å². The van der Waals surface area contributed by atoms with Gasteiger partial charge in [0.15, 0.2) is 14.6 Å². The van der Waals surface area contributed by atoms with Gasteiger partial charge in [-0.25, -0.2) is 21.1 Å². The quantitative estimate of drug-likeness (QED) is 0.611. The molecule has 0 radical (unpaired) electrons. The van der Waals surface area contributed by atoms with Crippen molar-refractivity contribution in [2.45, 2.75) is 67.8 Å². The highest BCUT2D eigenvalue weighted by Gasteiger charge is 2.70. The van der Waals surface area contributed by atoms with Crippen LogP contribution in [0.3, 0.4) is 0 Å². The Hall–Kier alpha value is -1.20. The van der Waals surface area contributed by atoms with Gasteiger partial charge in [-0.3, -0.25) is 9.69 Å². The number of hydrogen-bond donors (Lipinski definition) is 1. The number of rotatable bonds is 6. The maximum absolute atomic E-state index is 14.0. The van der Waals surface area contributed by atoms with Crippen LogP contribution in [0.2, 0.25) is 0 Å². The summed E-state index contributed by atoms with van der Waals surface area (Å²) >= 11 is 0.